The second-order valence-electron chi connectivity index (χ2n) is 4.54. The fourth-order valence-electron chi connectivity index (χ4n) is 1.89. The van der Waals surface area contributed by atoms with Gasteiger partial charge in [-0.3, -0.25) is 9.59 Å². The molecule has 0 unspecified atom stereocenters. The Morgan fingerprint density at radius 3 is 2.52 bits per heavy atom. The molecule has 116 valence electrons. The highest BCUT2D eigenvalue weighted by atomic mass is 19.1. The van der Waals surface area contributed by atoms with Crippen LogP contribution in [0.2, 0.25) is 0 Å². The average molecular weight is 297 g/mol. The van der Waals surface area contributed by atoms with Gasteiger partial charge in [0.1, 0.15) is 6.54 Å². The summed E-state index contributed by atoms with van der Waals surface area (Å²) < 4.78 is 23.0. The summed E-state index contributed by atoms with van der Waals surface area (Å²) in [5.74, 6) is -1.10. The molecular weight excluding hydrogens is 277 g/mol. The second-order valence-corrected chi connectivity index (χ2v) is 4.54. The van der Waals surface area contributed by atoms with Crippen LogP contribution in [0.3, 0.4) is 0 Å². The van der Waals surface area contributed by atoms with Crippen molar-refractivity contribution < 1.29 is 23.5 Å². The number of nitrogens with zero attached hydrogens (tertiary/aromatic N) is 1. The van der Waals surface area contributed by atoms with Crippen molar-refractivity contribution in [2.75, 3.05) is 27.3 Å². The molecule has 0 bridgehead atoms. The Morgan fingerprint density at radius 1 is 1.29 bits per heavy atom. The average Bonchev–Trinajstić information content (AvgIpc) is 2.46. The zero-order chi connectivity index (χ0) is 15.8. The molecule has 0 aliphatic carbocycles. The maximum Gasteiger partial charge on any atom is 0.325 e. The molecule has 0 saturated carbocycles. The Morgan fingerprint density at radius 2 is 2.00 bits per heavy atom. The molecule has 0 radical (unpaired) electrons. The van der Waals surface area contributed by atoms with Gasteiger partial charge >= 0.3 is 5.97 Å². The highest BCUT2D eigenvalue weighted by Gasteiger charge is 2.17. The third kappa shape index (κ3) is 5.06. The van der Waals surface area contributed by atoms with Crippen molar-refractivity contribution in [3.8, 4) is 5.75 Å². The molecule has 0 heterocycles. The predicted octanol–water partition coefficient (Wildman–Crippen LogP) is 1.79. The molecule has 0 saturated heterocycles. The van der Waals surface area contributed by atoms with Crippen LogP contribution in [0.15, 0.2) is 18.2 Å². The van der Waals surface area contributed by atoms with Crippen LogP contribution < -0.4 is 4.74 Å². The van der Waals surface area contributed by atoms with E-state index in [0.29, 0.717) is 12.1 Å². The van der Waals surface area contributed by atoms with E-state index in [-0.39, 0.29) is 24.6 Å². The number of rotatable bonds is 7. The smallest absolute Gasteiger partial charge is 0.325 e. The van der Waals surface area contributed by atoms with Gasteiger partial charge in [-0.05, 0) is 24.1 Å². The molecule has 1 aromatic rings. The van der Waals surface area contributed by atoms with Gasteiger partial charge in [0, 0.05) is 6.54 Å². The molecule has 0 aliphatic rings. The van der Waals surface area contributed by atoms with E-state index in [0.717, 1.165) is 6.42 Å². The Hall–Kier alpha value is -2.11. The third-order valence-corrected chi connectivity index (χ3v) is 2.97. The minimum Gasteiger partial charge on any atom is -0.494 e. The quantitative estimate of drug-likeness (QED) is 0.720. The van der Waals surface area contributed by atoms with Crippen LogP contribution in [-0.2, 0) is 20.7 Å². The summed E-state index contributed by atoms with van der Waals surface area (Å²) in [6.45, 7) is 2.26. The molecule has 0 aliphatic heterocycles. The second kappa shape index (κ2) is 8.24. The maximum absolute atomic E-state index is 13.6. The molecule has 0 fully saturated rings. The summed E-state index contributed by atoms with van der Waals surface area (Å²) in [7, 11) is 2.65. The number of methoxy groups -OCH3 is 2. The molecule has 21 heavy (non-hydrogen) atoms. The van der Waals surface area contributed by atoms with E-state index >= 15 is 0 Å². The monoisotopic (exact) mass is 297 g/mol. The Kier molecular flexibility index (Phi) is 6.65. The summed E-state index contributed by atoms with van der Waals surface area (Å²) in [5.41, 5.74) is 0.532. The van der Waals surface area contributed by atoms with E-state index in [1.807, 2.05) is 6.92 Å². The van der Waals surface area contributed by atoms with E-state index in [1.54, 1.807) is 6.07 Å². The minimum atomic E-state index is -0.516. The van der Waals surface area contributed by atoms with Gasteiger partial charge in [0.05, 0.1) is 20.6 Å². The van der Waals surface area contributed by atoms with Crippen LogP contribution in [0.1, 0.15) is 18.9 Å². The minimum absolute atomic E-state index is 0.0257. The number of esters is 1. The molecule has 0 spiro atoms. The van der Waals surface area contributed by atoms with Gasteiger partial charge in [0.15, 0.2) is 11.6 Å². The molecule has 1 rings (SSSR count). The lowest BCUT2D eigenvalue weighted by Gasteiger charge is -2.20. The van der Waals surface area contributed by atoms with Crippen LogP contribution in [0.5, 0.6) is 5.75 Å². The molecule has 6 heteroatoms. The number of hydrogen-bond donors (Lipinski definition) is 0. The molecule has 0 N–H and O–H groups in total. The summed E-state index contributed by atoms with van der Waals surface area (Å²) in [4.78, 5) is 24.9. The van der Waals surface area contributed by atoms with Crippen molar-refractivity contribution in [1.29, 1.82) is 0 Å². The van der Waals surface area contributed by atoms with Gasteiger partial charge in [-0.1, -0.05) is 13.0 Å². The zero-order valence-corrected chi connectivity index (χ0v) is 12.5. The highest BCUT2D eigenvalue weighted by molar-refractivity contribution is 5.83. The molecular formula is C15H20FNO4. The first-order chi connectivity index (χ1) is 10.0. The van der Waals surface area contributed by atoms with Crippen molar-refractivity contribution in [3.63, 3.8) is 0 Å². The van der Waals surface area contributed by atoms with E-state index in [9.17, 15) is 14.0 Å². The van der Waals surface area contributed by atoms with Crippen molar-refractivity contribution in [2.45, 2.75) is 19.8 Å². The third-order valence-electron chi connectivity index (χ3n) is 2.97. The van der Waals surface area contributed by atoms with Gasteiger partial charge in [-0.15, -0.1) is 0 Å². The molecule has 5 nitrogen and oxygen atoms in total. The van der Waals surface area contributed by atoms with Crippen LogP contribution >= 0.6 is 0 Å². The number of amides is 1. The van der Waals surface area contributed by atoms with Gasteiger partial charge in [0.25, 0.3) is 0 Å². The lowest BCUT2D eigenvalue weighted by molar-refractivity contribution is -0.146. The summed E-state index contributed by atoms with van der Waals surface area (Å²) in [5, 5.41) is 0. The number of hydrogen-bond acceptors (Lipinski definition) is 4. The van der Waals surface area contributed by atoms with E-state index in [4.69, 9.17) is 4.74 Å². The standard InChI is InChI=1S/C15H20FNO4/c1-4-7-17(10-15(19)21-3)14(18)9-11-5-6-13(20-2)12(16)8-11/h5-6,8H,4,7,9-10H2,1-3H3. The van der Waals surface area contributed by atoms with E-state index in [1.165, 1.54) is 31.3 Å². The first-order valence-electron chi connectivity index (χ1n) is 6.68. The molecule has 0 aromatic heterocycles. The number of ether oxygens (including phenoxy) is 2. The first-order valence-corrected chi connectivity index (χ1v) is 6.68. The number of carbonyl (C=O) groups is 2. The lowest BCUT2D eigenvalue weighted by atomic mass is 10.1. The van der Waals surface area contributed by atoms with Crippen molar-refractivity contribution in [3.05, 3.63) is 29.6 Å². The Labute approximate surface area is 123 Å². The van der Waals surface area contributed by atoms with Gasteiger partial charge in [-0.2, -0.15) is 0 Å². The van der Waals surface area contributed by atoms with Crippen molar-refractivity contribution in [1.82, 2.24) is 4.90 Å². The topological polar surface area (TPSA) is 55.8 Å². The van der Waals surface area contributed by atoms with Gasteiger partial charge in [0.2, 0.25) is 5.91 Å². The fourth-order valence-corrected chi connectivity index (χ4v) is 1.89. The normalized spacial score (nSPS) is 10.1. The zero-order valence-electron chi connectivity index (χ0n) is 12.5. The summed E-state index contributed by atoms with van der Waals surface area (Å²) in [6.07, 6.45) is 0.748. The fraction of sp³-hybridized carbons (Fsp3) is 0.467. The molecule has 1 aromatic carbocycles. The van der Waals surface area contributed by atoms with E-state index in [2.05, 4.69) is 4.74 Å². The lowest BCUT2D eigenvalue weighted by Crippen LogP contribution is -2.37. The summed E-state index contributed by atoms with van der Waals surface area (Å²) in [6, 6.07) is 4.36. The number of benzene rings is 1. The van der Waals surface area contributed by atoms with Crippen molar-refractivity contribution >= 4 is 11.9 Å². The maximum atomic E-state index is 13.6. The molecule has 1 amide bonds. The van der Waals surface area contributed by atoms with Crippen molar-refractivity contribution in [2.24, 2.45) is 0 Å². The number of carbonyl (C=O) groups excluding carboxylic acids is 2. The van der Waals surface area contributed by atoms with E-state index < -0.39 is 11.8 Å². The van der Waals surface area contributed by atoms with Gasteiger partial charge in [-0.25, -0.2) is 4.39 Å². The predicted molar refractivity (Wildman–Crippen MR) is 75.5 cm³/mol. The Balaban J connectivity index is 2.76. The van der Waals surface area contributed by atoms with Crippen LogP contribution in [-0.4, -0.2) is 44.1 Å². The largest absolute Gasteiger partial charge is 0.494 e. The number of halogens is 1. The summed E-state index contributed by atoms with van der Waals surface area (Å²) >= 11 is 0. The molecule has 0 atom stereocenters. The SMILES string of the molecule is CCCN(CC(=O)OC)C(=O)Cc1ccc(OC)c(F)c1. The van der Waals surface area contributed by atoms with Crippen LogP contribution in [0.25, 0.3) is 0 Å². The van der Waals surface area contributed by atoms with Crippen LogP contribution in [0, 0.1) is 5.82 Å². The van der Waals surface area contributed by atoms with Gasteiger partial charge < -0.3 is 14.4 Å². The Bertz CT molecular complexity index is 504. The highest BCUT2D eigenvalue weighted by Crippen LogP contribution is 2.18. The van der Waals surface area contributed by atoms with Crippen LogP contribution in [0.4, 0.5) is 4.39 Å². The first kappa shape index (κ1) is 16.9.